The molecule has 1 saturated heterocycles. The van der Waals surface area contributed by atoms with Crippen LogP contribution in [0.1, 0.15) is 18.5 Å². The van der Waals surface area contributed by atoms with E-state index in [2.05, 4.69) is 4.98 Å². The van der Waals surface area contributed by atoms with E-state index < -0.39 is 5.60 Å². The third-order valence-electron chi connectivity index (χ3n) is 3.29. The zero-order valence-corrected chi connectivity index (χ0v) is 8.94. The smallest absolute Gasteiger partial charge is 0.182 e. The van der Waals surface area contributed by atoms with Gasteiger partial charge in [-0.2, -0.15) is 0 Å². The summed E-state index contributed by atoms with van der Waals surface area (Å²) in [5.41, 5.74) is 0.110. The zero-order chi connectivity index (χ0) is 11.0. The van der Waals surface area contributed by atoms with Gasteiger partial charge in [0.15, 0.2) is 11.4 Å². The number of nitrogens with zero attached hydrogens (tertiary/aromatic N) is 1. The molecule has 16 heavy (non-hydrogen) atoms. The van der Waals surface area contributed by atoms with E-state index in [4.69, 9.17) is 9.47 Å². The summed E-state index contributed by atoms with van der Waals surface area (Å²) in [5, 5.41) is 0. The Labute approximate surface area is 93.6 Å². The van der Waals surface area contributed by atoms with Crippen molar-refractivity contribution in [3.05, 3.63) is 24.0 Å². The highest BCUT2D eigenvalue weighted by Gasteiger charge is 2.45. The molecule has 0 unspecified atom stereocenters. The van der Waals surface area contributed by atoms with Gasteiger partial charge in [-0.25, -0.2) is 0 Å². The van der Waals surface area contributed by atoms with Crippen molar-refractivity contribution < 1.29 is 14.3 Å². The van der Waals surface area contributed by atoms with E-state index in [1.54, 1.807) is 6.20 Å². The van der Waals surface area contributed by atoms with Crippen molar-refractivity contribution in [2.24, 2.45) is 0 Å². The van der Waals surface area contributed by atoms with E-state index >= 15 is 0 Å². The molecule has 84 valence electrons. The van der Waals surface area contributed by atoms with Crippen LogP contribution in [-0.2, 0) is 16.0 Å². The van der Waals surface area contributed by atoms with Crippen LogP contribution in [0.2, 0.25) is 0 Å². The summed E-state index contributed by atoms with van der Waals surface area (Å²) in [5.74, 6) is 0.894. The number of hydrogen-bond donors (Lipinski definition) is 0. The lowest BCUT2D eigenvalue weighted by atomic mass is 9.85. The number of aromatic nitrogens is 1. The van der Waals surface area contributed by atoms with Gasteiger partial charge in [-0.1, -0.05) is 0 Å². The molecule has 1 spiro atoms. The molecule has 2 aliphatic rings. The van der Waals surface area contributed by atoms with Gasteiger partial charge >= 0.3 is 0 Å². The number of rotatable bonds is 0. The molecule has 2 aliphatic heterocycles. The Morgan fingerprint density at radius 1 is 1.31 bits per heavy atom. The minimum Gasteiger partial charge on any atom is -0.477 e. The lowest BCUT2D eigenvalue weighted by molar-refractivity contribution is -0.144. The summed E-state index contributed by atoms with van der Waals surface area (Å²) in [4.78, 5) is 16.3. The van der Waals surface area contributed by atoms with Crippen LogP contribution >= 0.6 is 0 Å². The first-order valence-corrected chi connectivity index (χ1v) is 5.54. The van der Waals surface area contributed by atoms with Crippen molar-refractivity contribution >= 4 is 5.78 Å². The van der Waals surface area contributed by atoms with E-state index in [1.165, 1.54) is 0 Å². The molecule has 0 aliphatic carbocycles. The number of carbonyl (C=O) groups is 1. The third kappa shape index (κ3) is 1.41. The highest BCUT2D eigenvalue weighted by molar-refractivity contribution is 5.91. The summed E-state index contributed by atoms with van der Waals surface area (Å²) in [6.45, 7) is 1.20. The van der Waals surface area contributed by atoms with Gasteiger partial charge in [-0.15, -0.1) is 0 Å². The molecule has 0 atom stereocenters. The molecule has 0 bridgehead atoms. The summed E-state index contributed by atoms with van der Waals surface area (Å²) >= 11 is 0. The van der Waals surface area contributed by atoms with Crippen LogP contribution in [-0.4, -0.2) is 29.6 Å². The predicted octanol–water partition coefficient (Wildman–Crippen LogP) is 1.13. The molecule has 4 heteroatoms. The van der Waals surface area contributed by atoms with Crippen LogP contribution in [0.5, 0.6) is 5.75 Å². The highest BCUT2D eigenvalue weighted by atomic mass is 16.5. The third-order valence-corrected chi connectivity index (χ3v) is 3.29. The number of pyridine rings is 1. The minimum absolute atomic E-state index is 0.141. The van der Waals surface area contributed by atoms with E-state index in [0.717, 1.165) is 11.4 Å². The lowest BCUT2D eigenvalue weighted by Crippen LogP contribution is -2.52. The molecular formula is C12H13NO3. The monoisotopic (exact) mass is 219 g/mol. The van der Waals surface area contributed by atoms with Crippen LogP contribution in [0.4, 0.5) is 0 Å². The van der Waals surface area contributed by atoms with Crippen molar-refractivity contribution in [2.45, 2.75) is 24.9 Å². The van der Waals surface area contributed by atoms with Crippen molar-refractivity contribution in [3.63, 3.8) is 0 Å². The van der Waals surface area contributed by atoms with Gasteiger partial charge in [0.2, 0.25) is 0 Å². The van der Waals surface area contributed by atoms with Crippen LogP contribution in [0.25, 0.3) is 0 Å². The number of Topliss-reactive ketones (excluding diaryl/α,β-unsaturated/α-hetero) is 1. The maximum atomic E-state index is 12.1. The molecule has 1 aromatic rings. The lowest BCUT2D eigenvalue weighted by Gasteiger charge is -2.39. The maximum Gasteiger partial charge on any atom is 0.182 e. The molecule has 0 N–H and O–H groups in total. The Kier molecular flexibility index (Phi) is 2.17. The summed E-state index contributed by atoms with van der Waals surface area (Å²) < 4.78 is 11.2. The van der Waals surface area contributed by atoms with Crippen molar-refractivity contribution in [2.75, 3.05) is 13.2 Å². The molecule has 3 rings (SSSR count). The number of ether oxygens (including phenoxy) is 2. The normalized spacial score (nSPS) is 22.6. The van der Waals surface area contributed by atoms with Gasteiger partial charge in [-0.3, -0.25) is 9.78 Å². The average Bonchev–Trinajstić information content (AvgIpc) is 2.32. The topological polar surface area (TPSA) is 48.4 Å². The van der Waals surface area contributed by atoms with Gasteiger partial charge in [0.05, 0.1) is 25.3 Å². The first-order chi connectivity index (χ1) is 7.80. The Bertz CT molecular complexity index is 424. The number of hydrogen-bond acceptors (Lipinski definition) is 4. The average molecular weight is 219 g/mol. The van der Waals surface area contributed by atoms with E-state index in [-0.39, 0.29) is 5.78 Å². The van der Waals surface area contributed by atoms with Crippen molar-refractivity contribution in [1.82, 2.24) is 4.98 Å². The zero-order valence-electron chi connectivity index (χ0n) is 8.94. The van der Waals surface area contributed by atoms with Crippen LogP contribution in [0, 0.1) is 0 Å². The van der Waals surface area contributed by atoms with Gasteiger partial charge in [0.1, 0.15) is 5.75 Å². The Hall–Kier alpha value is -1.42. The summed E-state index contributed by atoms with van der Waals surface area (Å²) in [7, 11) is 0. The van der Waals surface area contributed by atoms with Gasteiger partial charge in [0.25, 0.3) is 0 Å². The van der Waals surface area contributed by atoms with Gasteiger partial charge in [0, 0.05) is 19.0 Å². The second kappa shape index (κ2) is 3.56. The van der Waals surface area contributed by atoms with Crippen LogP contribution in [0.15, 0.2) is 18.3 Å². The van der Waals surface area contributed by atoms with Crippen LogP contribution < -0.4 is 4.74 Å². The predicted molar refractivity (Wildman–Crippen MR) is 56.4 cm³/mol. The first kappa shape index (κ1) is 9.78. The Balaban J connectivity index is 1.97. The summed E-state index contributed by atoms with van der Waals surface area (Å²) in [6.07, 6.45) is 3.38. The molecule has 1 fully saturated rings. The standard InChI is InChI=1S/C12H13NO3/c14-11-8-9-10(2-1-5-13-9)16-12(11)3-6-15-7-4-12/h1-2,5H,3-4,6-8H2. The van der Waals surface area contributed by atoms with E-state index in [1.807, 2.05) is 12.1 Å². The molecule has 0 amide bonds. The summed E-state index contributed by atoms with van der Waals surface area (Å²) in [6, 6.07) is 3.72. The second-order valence-electron chi connectivity index (χ2n) is 4.26. The Morgan fingerprint density at radius 2 is 2.12 bits per heavy atom. The minimum atomic E-state index is -0.645. The van der Waals surface area contributed by atoms with E-state index in [0.29, 0.717) is 32.5 Å². The van der Waals surface area contributed by atoms with Gasteiger partial charge in [-0.05, 0) is 12.1 Å². The highest BCUT2D eigenvalue weighted by Crippen LogP contribution is 2.35. The SMILES string of the molecule is O=C1Cc2ncccc2OC12CCOCC2. The largest absolute Gasteiger partial charge is 0.477 e. The van der Waals surface area contributed by atoms with Crippen molar-refractivity contribution in [1.29, 1.82) is 0 Å². The number of carbonyl (C=O) groups excluding carboxylic acids is 1. The quantitative estimate of drug-likeness (QED) is 0.656. The fourth-order valence-corrected chi connectivity index (χ4v) is 2.31. The molecule has 1 aromatic heterocycles. The molecule has 4 nitrogen and oxygen atoms in total. The Morgan fingerprint density at radius 3 is 2.94 bits per heavy atom. The van der Waals surface area contributed by atoms with Crippen molar-refractivity contribution in [3.8, 4) is 5.75 Å². The molecule has 0 radical (unpaired) electrons. The molecule has 0 saturated carbocycles. The molecule has 3 heterocycles. The van der Waals surface area contributed by atoms with Gasteiger partial charge < -0.3 is 9.47 Å². The first-order valence-electron chi connectivity index (χ1n) is 5.54. The fraction of sp³-hybridized carbons (Fsp3) is 0.500. The van der Waals surface area contributed by atoms with Crippen LogP contribution in [0.3, 0.4) is 0 Å². The second-order valence-corrected chi connectivity index (χ2v) is 4.26. The van der Waals surface area contributed by atoms with E-state index in [9.17, 15) is 4.79 Å². The fourth-order valence-electron chi connectivity index (χ4n) is 2.31. The number of ketones is 1. The number of fused-ring (bicyclic) bond motifs is 1. The molecular weight excluding hydrogens is 206 g/mol. The molecule has 0 aromatic carbocycles. The maximum absolute atomic E-state index is 12.1.